The molecule has 5 heteroatoms. The van der Waals surface area contributed by atoms with Crippen LogP contribution in [0, 0.1) is 5.92 Å². The Kier molecular flexibility index (Phi) is 6.84. The first kappa shape index (κ1) is 16.0. The molecule has 1 saturated heterocycles. The first-order valence-electron chi connectivity index (χ1n) is 7.25. The zero-order valence-electron chi connectivity index (χ0n) is 12.0. The van der Waals surface area contributed by atoms with Gasteiger partial charge in [0.25, 0.3) is 0 Å². The third-order valence-electron chi connectivity index (χ3n) is 3.95. The average Bonchev–Trinajstić information content (AvgIpc) is 2.42. The Balaban J connectivity index is 2.21. The maximum atomic E-state index is 12.0. The van der Waals surface area contributed by atoms with Crippen LogP contribution in [0.2, 0.25) is 0 Å². The molecule has 0 aromatic rings. The number of piperidine rings is 1. The number of carboxylic acids is 1. The maximum Gasteiger partial charge on any atom is 0.303 e. The molecule has 0 spiro atoms. The minimum absolute atomic E-state index is 0.164. The van der Waals surface area contributed by atoms with Gasteiger partial charge in [-0.1, -0.05) is 6.92 Å². The summed E-state index contributed by atoms with van der Waals surface area (Å²) in [5, 5.41) is 11.9. The molecule has 1 fully saturated rings. The molecule has 1 unspecified atom stereocenters. The zero-order chi connectivity index (χ0) is 14.3. The van der Waals surface area contributed by atoms with Crippen LogP contribution in [-0.4, -0.2) is 47.6 Å². The van der Waals surface area contributed by atoms with E-state index in [0.29, 0.717) is 18.5 Å². The van der Waals surface area contributed by atoms with E-state index in [-0.39, 0.29) is 12.3 Å². The Bertz CT molecular complexity index is 299. The number of hydrogen-bond donors (Lipinski definition) is 2. The van der Waals surface area contributed by atoms with Crippen LogP contribution in [0.15, 0.2) is 0 Å². The van der Waals surface area contributed by atoms with Gasteiger partial charge in [-0.2, -0.15) is 0 Å². The molecule has 19 heavy (non-hydrogen) atoms. The van der Waals surface area contributed by atoms with Crippen molar-refractivity contribution in [2.24, 2.45) is 5.92 Å². The second kappa shape index (κ2) is 8.15. The fourth-order valence-corrected chi connectivity index (χ4v) is 2.32. The lowest BCUT2D eigenvalue weighted by Gasteiger charge is -2.32. The molecular formula is C14H26N2O3. The number of amides is 1. The molecule has 110 valence electrons. The molecule has 1 atom stereocenters. The van der Waals surface area contributed by atoms with E-state index in [2.05, 4.69) is 19.2 Å². The van der Waals surface area contributed by atoms with Crippen LogP contribution in [0.25, 0.3) is 0 Å². The highest BCUT2D eigenvalue weighted by atomic mass is 16.4. The molecule has 0 radical (unpaired) electrons. The van der Waals surface area contributed by atoms with E-state index in [1.165, 1.54) is 0 Å². The number of carbonyl (C=O) groups is 2. The van der Waals surface area contributed by atoms with Crippen LogP contribution in [0.4, 0.5) is 0 Å². The van der Waals surface area contributed by atoms with Gasteiger partial charge in [0.2, 0.25) is 5.91 Å². The molecule has 0 aromatic carbocycles. The molecule has 0 bridgehead atoms. The minimum Gasteiger partial charge on any atom is -0.481 e. The lowest BCUT2D eigenvalue weighted by molar-refractivity contribution is -0.138. The lowest BCUT2D eigenvalue weighted by Crippen LogP contribution is -2.44. The normalized spacial score (nSPS) is 18.3. The van der Waals surface area contributed by atoms with E-state index < -0.39 is 5.97 Å². The summed E-state index contributed by atoms with van der Waals surface area (Å²) in [6.07, 6.45) is 3.87. The van der Waals surface area contributed by atoms with Crippen molar-refractivity contribution in [2.75, 3.05) is 19.6 Å². The highest BCUT2D eigenvalue weighted by Crippen LogP contribution is 2.21. The summed E-state index contributed by atoms with van der Waals surface area (Å²) in [6, 6.07) is 0.372. The summed E-state index contributed by atoms with van der Waals surface area (Å²) in [6.45, 7) is 6.12. The van der Waals surface area contributed by atoms with E-state index in [1.807, 2.05) is 4.90 Å². The van der Waals surface area contributed by atoms with Gasteiger partial charge in [-0.3, -0.25) is 9.59 Å². The molecule has 1 aliphatic heterocycles. The summed E-state index contributed by atoms with van der Waals surface area (Å²) in [5.74, 6) is -0.101. The number of nitrogens with one attached hydrogen (secondary N) is 1. The highest BCUT2D eigenvalue weighted by Gasteiger charge is 2.22. The van der Waals surface area contributed by atoms with Crippen molar-refractivity contribution in [1.29, 1.82) is 0 Å². The fourth-order valence-electron chi connectivity index (χ4n) is 2.32. The summed E-state index contributed by atoms with van der Waals surface area (Å²) < 4.78 is 0. The lowest BCUT2D eigenvalue weighted by atomic mass is 9.92. The van der Waals surface area contributed by atoms with Crippen molar-refractivity contribution < 1.29 is 14.7 Å². The van der Waals surface area contributed by atoms with Crippen molar-refractivity contribution in [2.45, 2.75) is 52.0 Å². The van der Waals surface area contributed by atoms with Crippen LogP contribution < -0.4 is 5.32 Å². The second-order valence-electron chi connectivity index (χ2n) is 5.45. The monoisotopic (exact) mass is 270 g/mol. The van der Waals surface area contributed by atoms with Gasteiger partial charge in [0.05, 0.1) is 6.54 Å². The minimum atomic E-state index is -0.726. The van der Waals surface area contributed by atoms with Crippen LogP contribution >= 0.6 is 0 Å². The average molecular weight is 270 g/mol. The van der Waals surface area contributed by atoms with Crippen molar-refractivity contribution in [3.63, 3.8) is 0 Å². The molecular weight excluding hydrogens is 244 g/mol. The topological polar surface area (TPSA) is 69.6 Å². The molecule has 2 N–H and O–H groups in total. The predicted molar refractivity (Wildman–Crippen MR) is 73.9 cm³/mol. The first-order chi connectivity index (χ1) is 9.02. The number of hydrogen-bond acceptors (Lipinski definition) is 3. The predicted octanol–water partition coefficient (Wildman–Crippen LogP) is 1.48. The number of carbonyl (C=O) groups excluding carboxylic acids is 1. The van der Waals surface area contributed by atoms with E-state index in [4.69, 9.17) is 5.11 Å². The molecule has 1 rings (SSSR count). The van der Waals surface area contributed by atoms with Gasteiger partial charge in [-0.15, -0.1) is 0 Å². The number of aliphatic carboxylic acids is 1. The molecule has 0 aromatic heterocycles. The molecule has 1 aliphatic rings. The van der Waals surface area contributed by atoms with Crippen molar-refractivity contribution in [3.05, 3.63) is 0 Å². The van der Waals surface area contributed by atoms with Crippen LogP contribution in [0.3, 0.4) is 0 Å². The molecule has 1 amide bonds. The Morgan fingerprint density at radius 2 is 2.00 bits per heavy atom. The van der Waals surface area contributed by atoms with E-state index in [1.54, 1.807) is 0 Å². The third kappa shape index (κ3) is 6.05. The van der Waals surface area contributed by atoms with E-state index in [9.17, 15) is 9.59 Å². The van der Waals surface area contributed by atoms with Gasteiger partial charge in [0.15, 0.2) is 0 Å². The summed E-state index contributed by atoms with van der Waals surface area (Å²) in [4.78, 5) is 24.4. The standard InChI is InChI=1S/C14H26N2O3/c1-3-11(2)15-10-13(17)16-8-6-12(7-9-16)4-5-14(18)19/h11-12,15H,3-10H2,1-2H3,(H,18,19). The van der Waals surface area contributed by atoms with Gasteiger partial charge in [-0.05, 0) is 38.5 Å². The molecule has 0 saturated carbocycles. The summed E-state index contributed by atoms with van der Waals surface area (Å²) in [5.41, 5.74) is 0. The SMILES string of the molecule is CCC(C)NCC(=O)N1CCC(CCC(=O)O)CC1. The van der Waals surface area contributed by atoms with Gasteiger partial charge in [0.1, 0.15) is 0 Å². The van der Waals surface area contributed by atoms with Crippen LogP contribution in [-0.2, 0) is 9.59 Å². The highest BCUT2D eigenvalue weighted by molar-refractivity contribution is 5.78. The molecule has 1 heterocycles. The van der Waals surface area contributed by atoms with Crippen molar-refractivity contribution in [1.82, 2.24) is 10.2 Å². The molecule has 0 aliphatic carbocycles. The Morgan fingerprint density at radius 3 is 2.53 bits per heavy atom. The number of rotatable bonds is 7. The smallest absolute Gasteiger partial charge is 0.303 e. The van der Waals surface area contributed by atoms with Crippen LogP contribution in [0.5, 0.6) is 0 Å². The van der Waals surface area contributed by atoms with Crippen molar-refractivity contribution >= 4 is 11.9 Å². The first-order valence-corrected chi connectivity index (χ1v) is 7.25. The van der Waals surface area contributed by atoms with Crippen molar-refractivity contribution in [3.8, 4) is 0 Å². The summed E-state index contributed by atoms with van der Waals surface area (Å²) in [7, 11) is 0. The third-order valence-corrected chi connectivity index (χ3v) is 3.95. The van der Waals surface area contributed by atoms with Gasteiger partial charge in [-0.25, -0.2) is 0 Å². The quantitative estimate of drug-likeness (QED) is 0.735. The zero-order valence-corrected chi connectivity index (χ0v) is 12.0. The number of carboxylic acid groups (broad SMARTS) is 1. The maximum absolute atomic E-state index is 12.0. The van der Waals surface area contributed by atoms with Gasteiger partial charge < -0.3 is 15.3 Å². The number of nitrogens with zero attached hydrogens (tertiary/aromatic N) is 1. The van der Waals surface area contributed by atoms with Crippen LogP contribution in [0.1, 0.15) is 46.0 Å². The molecule has 5 nitrogen and oxygen atoms in total. The second-order valence-corrected chi connectivity index (χ2v) is 5.45. The van der Waals surface area contributed by atoms with Gasteiger partial charge >= 0.3 is 5.97 Å². The Labute approximate surface area is 115 Å². The van der Waals surface area contributed by atoms with Gasteiger partial charge in [0, 0.05) is 25.6 Å². The number of likely N-dealkylation sites (tertiary alicyclic amines) is 1. The van der Waals surface area contributed by atoms with E-state index >= 15 is 0 Å². The largest absolute Gasteiger partial charge is 0.481 e. The Morgan fingerprint density at radius 1 is 1.37 bits per heavy atom. The van der Waals surface area contributed by atoms with E-state index in [0.717, 1.165) is 38.8 Å². The fraction of sp³-hybridized carbons (Fsp3) is 0.857. The Hall–Kier alpha value is -1.10. The summed E-state index contributed by atoms with van der Waals surface area (Å²) >= 11 is 0.